The maximum absolute atomic E-state index is 12.2. The topological polar surface area (TPSA) is 205 Å². The summed E-state index contributed by atoms with van der Waals surface area (Å²) in [5.41, 5.74) is -2.04. The van der Waals surface area contributed by atoms with Crippen molar-refractivity contribution in [1.29, 1.82) is 0 Å². The molecule has 0 amide bonds. The molecule has 13 nitrogen and oxygen atoms in total. The number of aliphatic carboxylic acids is 2. The predicted octanol–water partition coefficient (Wildman–Crippen LogP) is -3.57. The fourth-order valence-corrected chi connectivity index (χ4v) is 2.34. The Morgan fingerprint density at radius 1 is 1.07 bits per heavy atom. The number of carboxylic acids is 2. The number of benzene rings is 1. The van der Waals surface area contributed by atoms with Crippen molar-refractivity contribution in [2.45, 2.75) is 13.1 Å². The minimum atomic E-state index is -2.08. The zero-order valence-corrected chi connectivity index (χ0v) is 20.5. The van der Waals surface area contributed by atoms with E-state index >= 15 is 0 Å². The molecule has 1 heterocycles. The van der Waals surface area contributed by atoms with Gasteiger partial charge in [-0.25, -0.2) is 4.79 Å². The van der Waals surface area contributed by atoms with Gasteiger partial charge in [0.25, 0.3) is 0 Å². The molecule has 27 heavy (non-hydrogen) atoms. The van der Waals surface area contributed by atoms with Crippen LogP contribution in [-0.4, -0.2) is 47.5 Å². The molecule has 15 heteroatoms. The van der Waals surface area contributed by atoms with Crippen LogP contribution in [0.5, 0.6) is 0 Å². The molecule has 2 rings (SSSR count). The number of nitro groups is 1. The second kappa shape index (κ2) is 10.7. The maximum Gasteiger partial charge on any atom is 1.00 e. The van der Waals surface area contributed by atoms with E-state index in [2.05, 4.69) is 0 Å². The summed E-state index contributed by atoms with van der Waals surface area (Å²) in [6, 6.07) is 2.37. The predicted molar refractivity (Wildman–Crippen MR) is 81.2 cm³/mol. The number of carboxylic acid groups (broad SMARTS) is 4. The van der Waals surface area contributed by atoms with Gasteiger partial charge >= 0.3 is 92.2 Å². The molecule has 0 fully saturated rings. The fourth-order valence-electron chi connectivity index (χ4n) is 2.12. The Balaban J connectivity index is 0.00000123. The number of nitro benzene ring substituents is 1. The molecule has 0 aliphatic carbocycles. The fraction of sp³-hybridized carbons (Fsp3) is 0.167. The Morgan fingerprint density at radius 2 is 1.52 bits per heavy atom. The number of imidazole rings is 1. The van der Waals surface area contributed by atoms with E-state index in [1.807, 2.05) is 0 Å². The van der Waals surface area contributed by atoms with Crippen molar-refractivity contribution in [3.8, 4) is 0 Å². The molecule has 0 saturated heterocycles. The van der Waals surface area contributed by atoms with Gasteiger partial charge in [0.15, 0.2) is 5.52 Å². The van der Waals surface area contributed by atoms with Gasteiger partial charge in [-0.05, 0) is 12.1 Å². The number of fused-ring (bicyclic) bond motifs is 1. The summed E-state index contributed by atoms with van der Waals surface area (Å²) in [5, 5.41) is 43.8. The Hall–Kier alpha value is -1.56. The number of aromatic nitrogens is 2. The molecular weight excluding hydrogens is 515 g/mol. The average Bonchev–Trinajstić information content (AvgIpc) is 2.71. The van der Waals surface area contributed by atoms with Crippen LogP contribution in [0.4, 0.5) is 10.5 Å². The van der Waals surface area contributed by atoms with Gasteiger partial charge in [-0.1, -0.05) is 11.6 Å². The Bertz CT molecular complexity index is 962. The first kappa shape index (κ1) is 25.4. The van der Waals surface area contributed by atoms with Gasteiger partial charge in [-0.2, -0.15) is 0 Å². The van der Waals surface area contributed by atoms with Crippen molar-refractivity contribution in [2.75, 3.05) is 0 Å². The van der Waals surface area contributed by atoms with E-state index in [0.29, 0.717) is 4.57 Å². The minimum Gasteiger partial charge on any atom is -0.565 e. The van der Waals surface area contributed by atoms with Crippen molar-refractivity contribution in [2.24, 2.45) is 0 Å². The summed E-state index contributed by atoms with van der Waals surface area (Å²) >= 11 is 5.74. The van der Waals surface area contributed by atoms with Crippen LogP contribution < -0.4 is 79.7 Å². The largest absolute Gasteiger partial charge is 1.00 e. The smallest absolute Gasteiger partial charge is 0.565 e. The monoisotopic (exact) mass is 523 g/mol. The van der Waals surface area contributed by atoms with E-state index in [-0.39, 0.29) is 84.9 Å². The molecule has 2 aromatic rings. The summed E-state index contributed by atoms with van der Waals surface area (Å²) in [7, 11) is 0. The molecule has 1 aromatic heterocycles. The van der Waals surface area contributed by atoms with Gasteiger partial charge in [0.2, 0.25) is 6.16 Å². The first-order valence-corrected chi connectivity index (χ1v) is 6.74. The van der Waals surface area contributed by atoms with E-state index in [0.717, 1.165) is 10.6 Å². The van der Waals surface area contributed by atoms with Gasteiger partial charge in [0.05, 0.1) is 10.4 Å². The van der Waals surface area contributed by atoms with E-state index < -0.39 is 47.5 Å². The molecule has 3 N–H and O–H groups in total. The van der Waals surface area contributed by atoms with Crippen molar-refractivity contribution in [1.82, 2.24) is 9.13 Å². The first-order valence-electron chi connectivity index (χ1n) is 6.36. The molecular formula is C12H9ClCsN3O10. The summed E-state index contributed by atoms with van der Waals surface area (Å²) in [4.78, 5) is 52.6. The van der Waals surface area contributed by atoms with Crippen LogP contribution in [0.15, 0.2) is 16.9 Å². The summed E-state index contributed by atoms with van der Waals surface area (Å²) in [6.07, 6.45) is -2.08. The third kappa shape index (κ3) is 6.52. The molecule has 0 radical (unpaired) electrons. The molecule has 140 valence electrons. The van der Waals surface area contributed by atoms with Gasteiger partial charge < -0.3 is 25.2 Å². The van der Waals surface area contributed by atoms with Crippen LogP contribution in [0.3, 0.4) is 0 Å². The summed E-state index contributed by atoms with van der Waals surface area (Å²) in [6.45, 7) is -1.62. The van der Waals surface area contributed by atoms with Crippen LogP contribution in [0.1, 0.15) is 0 Å². The SMILES string of the molecule is O=C(O)Cn1c(=O)n(CC(=O)O)c2c([N+](=O)[O-])c(Cl)ccc21.O=C([O-])O.[Cs+]. The summed E-state index contributed by atoms with van der Waals surface area (Å²) in [5.74, 6) is -2.76. The summed E-state index contributed by atoms with van der Waals surface area (Å²) < 4.78 is 1.36. The van der Waals surface area contributed by atoms with Crippen LogP contribution in [0.25, 0.3) is 11.0 Å². The van der Waals surface area contributed by atoms with E-state index in [4.69, 9.17) is 36.8 Å². The number of carbonyl (C=O) groups is 3. The zero-order chi connectivity index (χ0) is 20.2. The van der Waals surface area contributed by atoms with E-state index in [9.17, 15) is 24.5 Å². The molecule has 1 aromatic carbocycles. The molecule has 0 bridgehead atoms. The quantitative estimate of drug-likeness (QED) is 0.259. The zero-order valence-electron chi connectivity index (χ0n) is 13.5. The molecule has 0 unspecified atom stereocenters. The van der Waals surface area contributed by atoms with Gasteiger partial charge in [0, 0.05) is 0 Å². The number of hydrogen-bond donors (Lipinski definition) is 3. The molecule has 0 aliphatic rings. The van der Waals surface area contributed by atoms with E-state index in [1.54, 1.807) is 0 Å². The molecule has 0 spiro atoms. The van der Waals surface area contributed by atoms with Crippen LogP contribution >= 0.6 is 11.6 Å². The van der Waals surface area contributed by atoms with E-state index in [1.165, 1.54) is 6.07 Å². The van der Waals surface area contributed by atoms with Crippen molar-refractivity contribution in [3.05, 3.63) is 37.8 Å². The molecule has 0 atom stereocenters. The van der Waals surface area contributed by atoms with Crippen LogP contribution in [-0.2, 0) is 22.7 Å². The number of rotatable bonds is 5. The average molecular weight is 524 g/mol. The number of nitrogens with zero attached hydrogens (tertiary/aromatic N) is 3. The molecule has 0 saturated carbocycles. The van der Waals surface area contributed by atoms with Crippen LogP contribution in [0, 0.1) is 10.1 Å². The third-order valence-electron chi connectivity index (χ3n) is 2.87. The Kier molecular flexibility index (Phi) is 10.1. The maximum atomic E-state index is 12.2. The van der Waals surface area contributed by atoms with Gasteiger partial charge in [-0.15, -0.1) is 0 Å². The van der Waals surface area contributed by atoms with Crippen molar-refractivity contribution >= 4 is 46.4 Å². The minimum absolute atomic E-state index is 0. The number of halogens is 1. The normalized spacial score (nSPS) is 9.67. The van der Waals surface area contributed by atoms with Gasteiger partial charge in [-0.3, -0.25) is 28.8 Å². The van der Waals surface area contributed by atoms with Crippen molar-refractivity contribution in [3.63, 3.8) is 0 Å². The van der Waals surface area contributed by atoms with Crippen molar-refractivity contribution < 1.29 is 109 Å². The van der Waals surface area contributed by atoms with Crippen LogP contribution in [0.2, 0.25) is 5.02 Å². The third-order valence-corrected chi connectivity index (χ3v) is 3.18. The Morgan fingerprint density at radius 3 is 1.93 bits per heavy atom. The first-order chi connectivity index (χ1) is 12.0. The number of hydrogen-bond acceptors (Lipinski definition) is 7. The second-order valence-electron chi connectivity index (χ2n) is 4.53. The Labute approximate surface area is 212 Å². The molecule has 0 aliphatic heterocycles. The van der Waals surface area contributed by atoms with Gasteiger partial charge in [0.1, 0.15) is 18.1 Å². The second-order valence-corrected chi connectivity index (χ2v) is 4.94. The standard InChI is InChI=1S/C11H8ClN3O7.CH2O3.Cs/c12-5-1-2-6-10(9(5)15(21)22)14(4-8(18)19)11(20)13(6)3-7(16)17;2-1(3)4;/h1-2H,3-4H2,(H,16,17)(H,18,19);(H2,2,3,4);/q;;+1/p-1.